The number of aliphatic hydroxyl groups is 1. The maximum Gasteiger partial charge on any atom is 0.224 e. The molecule has 0 saturated carbocycles. The van der Waals surface area contributed by atoms with Crippen LogP contribution < -0.4 is 5.32 Å². The van der Waals surface area contributed by atoms with Gasteiger partial charge in [0, 0.05) is 32.0 Å². The van der Waals surface area contributed by atoms with Crippen LogP contribution in [0.2, 0.25) is 0 Å². The molecule has 2 N–H and O–H groups in total. The summed E-state index contributed by atoms with van der Waals surface area (Å²) in [5.41, 5.74) is 2.35. The van der Waals surface area contributed by atoms with Gasteiger partial charge in [-0.25, -0.2) is 0 Å². The molecule has 120 valence electrons. The van der Waals surface area contributed by atoms with Crippen LogP contribution in [-0.2, 0) is 16.0 Å². The molecule has 1 fully saturated rings. The predicted octanol–water partition coefficient (Wildman–Crippen LogP) is 0.872. The number of amides is 1. The highest BCUT2D eigenvalue weighted by molar-refractivity contribution is 5.76. The standard InChI is InChI=1S/C17H24N2O3/c1-12(10-16(21)19-6-8-22-9-7-19)18-17-14-5-3-2-4-13(14)11-15(17)20/h2-5,12,15,17-18,20H,6-11H2,1H3/t12?,15-,17+/m0/s1. The zero-order valence-corrected chi connectivity index (χ0v) is 13.0. The lowest BCUT2D eigenvalue weighted by atomic mass is 10.1. The number of carbonyl (C=O) groups excluding carboxylic acids is 1. The molecule has 0 aromatic heterocycles. The van der Waals surface area contributed by atoms with E-state index in [0.717, 1.165) is 5.56 Å². The van der Waals surface area contributed by atoms with Crippen molar-refractivity contribution in [3.05, 3.63) is 35.4 Å². The minimum atomic E-state index is -0.418. The zero-order chi connectivity index (χ0) is 15.5. The first kappa shape index (κ1) is 15.5. The van der Waals surface area contributed by atoms with E-state index in [9.17, 15) is 9.90 Å². The van der Waals surface area contributed by atoms with Gasteiger partial charge in [-0.1, -0.05) is 24.3 Å². The number of rotatable bonds is 4. The second-order valence-corrected chi connectivity index (χ2v) is 6.21. The minimum absolute atomic E-state index is 0.0288. The van der Waals surface area contributed by atoms with E-state index in [1.54, 1.807) is 0 Å². The largest absolute Gasteiger partial charge is 0.391 e. The maximum absolute atomic E-state index is 12.3. The molecule has 1 aromatic rings. The first-order valence-corrected chi connectivity index (χ1v) is 8.02. The van der Waals surface area contributed by atoms with Crippen molar-refractivity contribution in [1.29, 1.82) is 0 Å². The van der Waals surface area contributed by atoms with Gasteiger partial charge in [0.05, 0.1) is 25.4 Å². The van der Waals surface area contributed by atoms with Crippen LogP contribution in [0.25, 0.3) is 0 Å². The Kier molecular flexibility index (Phi) is 4.76. The summed E-state index contributed by atoms with van der Waals surface area (Å²) in [6, 6.07) is 8.06. The van der Waals surface area contributed by atoms with Crippen molar-refractivity contribution >= 4 is 5.91 Å². The van der Waals surface area contributed by atoms with E-state index in [-0.39, 0.29) is 18.0 Å². The van der Waals surface area contributed by atoms with E-state index in [0.29, 0.717) is 39.1 Å². The van der Waals surface area contributed by atoms with Crippen LogP contribution in [-0.4, -0.2) is 54.4 Å². The molecular weight excluding hydrogens is 280 g/mol. The highest BCUT2D eigenvalue weighted by atomic mass is 16.5. The Morgan fingerprint density at radius 1 is 1.41 bits per heavy atom. The van der Waals surface area contributed by atoms with E-state index in [1.165, 1.54) is 5.56 Å². The third-order valence-electron chi connectivity index (χ3n) is 4.51. The molecule has 0 bridgehead atoms. The molecule has 5 heteroatoms. The molecule has 1 unspecified atom stereocenters. The Bertz CT molecular complexity index is 528. The van der Waals surface area contributed by atoms with Gasteiger partial charge >= 0.3 is 0 Å². The summed E-state index contributed by atoms with van der Waals surface area (Å²) < 4.78 is 5.27. The van der Waals surface area contributed by atoms with Crippen molar-refractivity contribution in [2.24, 2.45) is 0 Å². The number of nitrogens with zero attached hydrogens (tertiary/aromatic N) is 1. The van der Waals surface area contributed by atoms with Crippen LogP contribution in [0.3, 0.4) is 0 Å². The van der Waals surface area contributed by atoms with Crippen molar-refractivity contribution in [3.63, 3.8) is 0 Å². The summed E-state index contributed by atoms with van der Waals surface area (Å²) in [7, 11) is 0. The summed E-state index contributed by atoms with van der Waals surface area (Å²) in [4.78, 5) is 14.1. The van der Waals surface area contributed by atoms with Gasteiger partial charge in [-0.3, -0.25) is 4.79 Å². The molecule has 1 aliphatic heterocycles. The van der Waals surface area contributed by atoms with E-state index < -0.39 is 6.10 Å². The number of hydrogen-bond donors (Lipinski definition) is 2. The third-order valence-corrected chi connectivity index (χ3v) is 4.51. The number of ether oxygens (including phenoxy) is 1. The minimum Gasteiger partial charge on any atom is -0.391 e. The zero-order valence-electron chi connectivity index (χ0n) is 13.0. The topological polar surface area (TPSA) is 61.8 Å². The number of aliphatic hydroxyl groups excluding tert-OH is 1. The van der Waals surface area contributed by atoms with Crippen LogP contribution in [0.1, 0.15) is 30.5 Å². The van der Waals surface area contributed by atoms with Crippen molar-refractivity contribution in [3.8, 4) is 0 Å². The van der Waals surface area contributed by atoms with E-state index in [4.69, 9.17) is 4.74 Å². The molecule has 5 nitrogen and oxygen atoms in total. The number of benzene rings is 1. The Balaban J connectivity index is 1.57. The quantitative estimate of drug-likeness (QED) is 0.866. The lowest BCUT2D eigenvalue weighted by Gasteiger charge is -2.29. The van der Waals surface area contributed by atoms with Gasteiger partial charge in [-0.15, -0.1) is 0 Å². The summed E-state index contributed by atoms with van der Waals surface area (Å²) in [6.45, 7) is 4.62. The van der Waals surface area contributed by atoms with Crippen LogP contribution in [0.5, 0.6) is 0 Å². The Hall–Kier alpha value is -1.43. The SMILES string of the molecule is CC(CC(=O)N1CCOCC1)N[C@@H]1c2ccccc2C[C@@H]1O. The second-order valence-electron chi connectivity index (χ2n) is 6.21. The summed E-state index contributed by atoms with van der Waals surface area (Å²) >= 11 is 0. The summed E-state index contributed by atoms with van der Waals surface area (Å²) in [5, 5.41) is 13.7. The molecule has 1 aromatic carbocycles. The lowest BCUT2D eigenvalue weighted by molar-refractivity contribution is -0.135. The molecular formula is C17H24N2O3. The predicted molar refractivity (Wildman–Crippen MR) is 83.5 cm³/mol. The molecule has 2 aliphatic rings. The molecule has 1 heterocycles. The highest BCUT2D eigenvalue weighted by Crippen LogP contribution is 2.31. The van der Waals surface area contributed by atoms with Crippen molar-refractivity contribution < 1.29 is 14.6 Å². The summed E-state index contributed by atoms with van der Waals surface area (Å²) in [5.74, 6) is 0.157. The average molecular weight is 304 g/mol. The average Bonchev–Trinajstić information content (AvgIpc) is 2.84. The Morgan fingerprint density at radius 2 is 2.14 bits per heavy atom. The van der Waals surface area contributed by atoms with Gasteiger partial charge in [0.15, 0.2) is 0 Å². The molecule has 1 saturated heterocycles. The lowest BCUT2D eigenvalue weighted by Crippen LogP contribution is -2.44. The fourth-order valence-corrected chi connectivity index (χ4v) is 3.34. The van der Waals surface area contributed by atoms with Gasteiger partial charge in [0.2, 0.25) is 5.91 Å². The number of carbonyl (C=O) groups is 1. The first-order valence-electron chi connectivity index (χ1n) is 8.02. The van der Waals surface area contributed by atoms with E-state index >= 15 is 0 Å². The van der Waals surface area contributed by atoms with Gasteiger partial charge < -0.3 is 20.1 Å². The van der Waals surface area contributed by atoms with Crippen molar-refractivity contribution in [2.45, 2.75) is 38.0 Å². The van der Waals surface area contributed by atoms with Crippen LogP contribution >= 0.6 is 0 Å². The number of hydrogen-bond acceptors (Lipinski definition) is 4. The highest BCUT2D eigenvalue weighted by Gasteiger charge is 2.32. The fraction of sp³-hybridized carbons (Fsp3) is 0.588. The number of morpholine rings is 1. The molecule has 3 rings (SSSR count). The molecule has 3 atom stereocenters. The van der Waals surface area contributed by atoms with Crippen molar-refractivity contribution in [1.82, 2.24) is 10.2 Å². The number of fused-ring (bicyclic) bond motifs is 1. The third kappa shape index (κ3) is 3.32. The monoisotopic (exact) mass is 304 g/mol. The Morgan fingerprint density at radius 3 is 2.91 bits per heavy atom. The van der Waals surface area contributed by atoms with E-state index in [2.05, 4.69) is 17.4 Å². The number of nitrogens with one attached hydrogen (secondary N) is 1. The molecule has 1 aliphatic carbocycles. The molecule has 1 amide bonds. The van der Waals surface area contributed by atoms with Gasteiger partial charge in [-0.2, -0.15) is 0 Å². The first-order chi connectivity index (χ1) is 10.6. The van der Waals surface area contributed by atoms with Gasteiger partial charge in [-0.05, 0) is 18.1 Å². The van der Waals surface area contributed by atoms with Crippen molar-refractivity contribution in [2.75, 3.05) is 26.3 Å². The molecule has 0 spiro atoms. The van der Waals surface area contributed by atoms with Crippen LogP contribution in [0.15, 0.2) is 24.3 Å². The van der Waals surface area contributed by atoms with Crippen LogP contribution in [0.4, 0.5) is 0 Å². The second kappa shape index (κ2) is 6.77. The van der Waals surface area contributed by atoms with Gasteiger partial charge in [0.1, 0.15) is 0 Å². The smallest absolute Gasteiger partial charge is 0.224 e. The Labute approximate surface area is 131 Å². The fourth-order valence-electron chi connectivity index (χ4n) is 3.34. The van der Waals surface area contributed by atoms with Gasteiger partial charge in [0.25, 0.3) is 0 Å². The maximum atomic E-state index is 12.3. The summed E-state index contributed by atoms with van der Waals surface area (Å²) in [6.07, 6.45) is 0.710. The molecule has 22 heavy (non-hydrogen) atoms. The molecule has 0 radical (unpaired) electrons. The van der Waals surface area contributed by atoms with Crippen LogP contribution in [0, 0.1) is 0 Å². The normalized spacial score (nSPS) is 25.8. The van der Waals surface area contributed by atoms with E-state index in [1.807, 2.05) is 24.0 Å².